The molecule has 4 heterocycles. The van der Waals surface area contributed by atoms with Crippen LogP contribution >= 0.6 is 11.3 Å². The van der Waals surface area contributed by atoms with Crippen LogP contribution in [-0.4, -0.2) is 66.3 Å². The molecule has 3 aromatic heterocycles. The average Bonchev–Trinajstić information content (AvgIpc) is 3.60. The van der Waals surface area contributed by atoms with Gasteiger partial charge >= 0.3 is 6.36 Å². The number of amides is 2. The summed E-state index contributed by atoms with van der Waals surface area (Å²) in [7, 11) is 0. The van der Waals surface area contributed by atoms with E-state index in [1.54, 1.807) is 18.3 Å². The fourth-order valence-electron chi connectivity index (χ4n) is 4.51. The Morgan fingerprint density at radius 1 is 0.953 bits per heavy atom. The van der Waals surface area contributed by atoms with E-state index in [-0.39, 0.29) is 24.7 Å². The van der Waals surface area contributed by atoms with Gasteiger partial charge in [0, 0.05) is 25.7 Å². The number of rotatable bonds is 12. The summed E-state index contributed by atoms with van der Waals surface area (Å²) >= 11 is 1.36. The molecule has 0 saturated heterocycles. The predicted molar refractivity (Wildman–Crippen MR) is 150 cm³/mol. The number of nitrogens with zero attached hydrogens (tertiary/aromatic N) is 7. The number of nitrogens with one attached hydrogen (secondary N) is 2. The molecular formula is C27H28F3N9O3S. The molecule has 1 aromatic carbocycles. The Hall–Kier alpha value is -4.44. The van der Waals surface area contributed by atoms with Crippen LogP contribution in [0, 0.1) is 0 Å². The third-order valence-electron chi connectivity index (χ3n) is 6.46. The van der Waals surface area contributed by atoms with Crippen LogP contribution < -0.4 is 15.4 Å². The first-order valence-electron chi connectivity index (χ1n) is 13.5. The third-order valence-corrected chi connectivity index (χ3v) is 7.35. The first-order valence-corrected chi connectivity index (χ1v) is 14.3. The van der Waals surface area contributed by atoms with Crippen molar-refractivity contribution in [1.82, 2.24) is 35.1 Å². The number of carbonyl (C=O) groups excluding carboxylic acids is 2. The molecular weight excluding hydrogens is 587 g/mol. The van der Waals surface area contributed by atoms with Gasteiger partial charge in [-0.3, -0.25) is 24.5 Å². The number of hydrogen-bond acceptors (Lipinski definition) is 10. The molecule has 0 saturated carbocycles. The second kappa shape index (κ2) is 13.7. The zero-order chi connectivity index (χ0) is 30.2. The van der Waals surface area contributed by atoms with E-state index >= 15 is 0 Å². The van der Waals surface area contributed by atoms with Crippen LogP contribution in [0.5, 0.6) is 5.75 Å². The highest BCUT2D eigenvalue weighted by Gasteiger charge is 2.31. The van der Waals surface area contributed by atoms with E-state index < -0.39 is 18.0 Å². The Kier molecular flexibility index (Phi) is 9.56. The first kappa shape index (κ1) is 30.0. The number of alkyl halides is 3. The molecule has 16 heteroatoms. The highest BCUT2D eigenvalue weighted by atomic mass is 32.1. The molecule has 1 aliphatic heterocycles. The molecule has 0 aliphatic carbocycles. The lowest BCUT2D eigenvalue weighted by molar-refractivity contribution is -0.274. The summed E-state index contributed by atoms with van der Waals surface area (Å²) in [4.78, 5) is 26.8. The summed E-state index contributed by atoms with van der Waals surface area (Å²) in [6, 6.07) is 10.6. The molecule has 12 nitrogen and oxygen atoms in total. The van der Waals surface area contributed by atoms with Crippen molar-refractivity contribution in [3.8, 4) is 5.75 Å². The Bertz CT molecular complexity index is 1540. The number of aryl methyl sites for hydroxylation is 2. The SMILES string of the molecule is O=C(Cc1cccc(OC(F)(F)F)c1)Nc1ccc(CCCCc2nnc(NC(=O)CN3CCn4nccc4C3)s2)nn1. The molecule has 5 rings (SSSR count). The van der Waals surface area contributed by atoms with Gasteiger partial charge in [0.15, 0.2) is 5.82 Å². The van der Waals surface area contributed by atoms with Crippen molar-refractivity contribution in [1.29, 1.82) is 0 Å². The van der Waals surface area contributed by atoms with Crippen molar-refractivity contribution < 1.29 is 27.5 Å². The number of carbonyl (C=O) groups is 2. The summed E-state index contributed by atoms with van der Waals surface area (Å²) in [5.41, 5.74) is 2.20. The van der Waals surface area contributed by atoms with Crippen LogP contribution in [0.3, 0.4) is 0 Å². The lowest BCUT2D eigenvalue weighted by atomic mass is 10.1. The van der Waals surface area contributed by atoms with E-state index in [1.165, 1.54) is 29.5 Å². The van der Waals surface area contributed by atoms with Crippen LogP contribution in [0.2, 0.25) is 0 Å². The minimum absolute atomic E-state index is 0.126. The van der Waals surface area contributed by atoms with Crippen molar-refractivity contribution >= 4 is 34.1 Å². The number of unbranched alkanes of at least 4 members (excludes halogenated alkanes) is 1. The molecule has 0 fully saturated rings. The van der Waals surface area contributed by atoms with Crippen molar-refractivity contribution in [2.45, 2.75) is 51.6 Å². The van der Waals surface area contributed by atoms with Gasteiger partial charge in [-0.05, 0) is 55.2 Å². The van der Waals surface area contributed by atoms with Crippen molar-refractivity contribution in [2.75, 3.05) is 23.7 Å². The maximum atomic E-state index is 12.5. The number of halogens is 3. The number of fused-ring (bicyclic) bond motifs is 1. The van der Waals surface area contributed by atoms with Crippen LogP contribution in [0.4, 0.5) is 24.1 Å². The van der Waals surface area contributed by atoms with E-state index in [0.717, 1.165) is 48.4 Å². The lowest BCUT2D eigenvalue weighted by Crippen LogP contribution is -2.39. The molecule has 2 amide bonds. The normalized spacial score (nSPS) is 13.4. The zero-order valence-corrected chi connectivity index (χ0v) is 23.7. The van der Waals surface area contributed by atoms with Gasteiger partial charge < -0.3 is 10.1 Å². The van der Waals surface area contributed by atoms with Gasteiger partial charge in [0.25, 0.3) is 0 Å². The van der Waals surface area contributed by atoms with Gasteiger partial charge in [-0.25, -0.2) is 0 Å². The van der Waals surface area contributed by atoms with Crippen LogP contribution in [0.25, 0.3) is 0 Å². The average molecular weight is 616 g/mol. The summed E-state index contributed by atoms with van der Waals surface area (Å²) in [6.07, 6.45) is -0.152. The molecule has 4 aromatic rings. The summed E-state index contributed by atoms with van der Waals surface area (Å²) < 4.78 is 43.1. The molecule has 43 heavy (non-hydrogen) atoms. The van der Waals surface area contributed by atoms with E-state index in [1.807, 2.05) is 10.7 Å². The molecule has 0 bridgehead atoms. The fourth-order valence-corrected chi connectivity index (χ4v) is 5.31. The minimum Gasteiger partial charge on any atom is -0.406 e. The maximum absolute atomic E-state index is 12.5. The first-order chi connectivity index (χ1) is 20.7. The Labute approximate surface area is 248 Å². The Morgan fingerprint density at radius 3 is 2.63 bits per heavy atom. The van der Waals surface area contributed by atoms with Crippen LogP contribution in [0.15, 0.2) is 48.7 Å². The highest BCUT2D eigenvalue weighted by Crippen LogP contribution is 2.24. The second-order valence-electron chi connectivity index (χ2n) is 9.84. The van der Waals surface area contributed by atoms with Crippen molar-refractivity contribution in [3.05, 3.63) is 70.6 Å². The number of anilines is 2. The van der Waals surface area contributed by atoms with E-state index in [0.29, 0.717) is 30.1 Å². The molecule has 226 valence electrons. The number of hydrogen-bond donors (Lipinski definition) is 2. The van der Waals surface area contributed by atoms with E-state index in [4.69, 9.17) is 0 Å². The number of ether oxygens (including phenoxy) is 1. The van der Waals surface area contributed by atoms with Crippen molar-refractivity contribution in [3.63, 3.8) is 0 Å². The van der Waals surface area contributed by atoms with Gasteiger partial charge in [-0.15, -0.1) is 28.5 Å². The van der Waals surface area contributed by atoms with Crippen LogP contribution in [0.1, 0.15) is 34.8 Å². The second-order valence-corrected chi connectivity index (χ2v) is 10.9. The summed E-state index contributed by atoms with van der Waals surface area (Å²) in [5, 5.41) is 27.4. The predicted octanol–water partition coefficient (Wildman–Crippen LogP) is 3.62. The number of aromatic nitrogens is 6. The van der Waals surface area contributed by atoms with Gasteiger partial charge in [0.2, 0.25) is 16.9 Å². The monoisotopic (exact) mass is 615 g/mol. The number of benzene rings is 1. The summed E-state index contributed by atoms with van der Waals surface area (Å²) in [5.74, 6) is -0.720. The summed E-state index contributed by atoms with van der Waals surface area (Å²) in [6.45, 7) is 2.47. The van der Waals surface area contributed by atoms with Gasteiger partial charge in [0.05, 0.1) is 30.9 Å². The van der Waals surface area contributed by atoms with Gasteiger partial charge in [0.1, 0.15) is 10.8 Å². The fraction of sp³-hybridized carbons (Fsp3) is 0.370. The smallest absolute Gasteiger partial charge is 0.406 e. The van der Waals surface area contributed by atoms with E-state index in [2.05, 4.69) is 45.8 Å². The zero-order valence-electron chi connectivity index (χ0n) is 22.9. The molecule has 0 unspecified atom stereocenters. The molecule has 0 spiro atoms. The maximum Gasteiger partial charge on any atom is 0.573 e. The van der Waals surface area contributed by atoms with Gasteiger partial charge in [-0.1, -0.05) is 23.5 Å². The van der Waals surface area contributed by atoms with Gasteiger partial charge in [-0.2, -0.15) is 10.2 Å². The lowest BCUT2D eigenvalue weighted by Gasteiger charge is -2.26. The Balaban J connectivity index is 0.989. The molecule has 0 radical (unpaired) electrons. The molecule has 2 N–H and O–H groups in total. The molecule has 0 atom stereocenters. The third kappa shape index (κ3) is 9.27. The standard InChI is InChI=1S/C27H28F3N9O3S/c28-27(29,30)42-21-6-3-4-18(14-21)15-23(40)32-22-9-8-19(34-35-22)5-1-2-7-25-36-37-26(43-25)33-24(41)17-38-12-13-39-20(16-38)10-11-31-39/h3-4,6,8-11,14H,1-2,5,7,12-13,15-17H2,(H,32,35,40)(H,33,37,41). The molecule has 1 aliphatic rings. The van der Waals surface area contributed by atoms with E-state index in [9.17, 15) is 22.8 Å². The Morgan fingerprint density at radius 2 is 1.81 bits per heavy atom. The highest BCUT2D eigenvalue weighted by molar-refractivity contribution is 7.15. The quantitative estimate of drug-likeness (QED) is 0.229. The van der Waals surface area contributed by atoms with Crippen molar-refractivity contribution in [2.24, 2.45) is 0 Å². The largest absolute Gasteiger partial charge is 0.573 e. The van der Waals surface area contributed by atoms with Crippen LogP contribution in [-0.2, 0) is 41.9 Å². The minimum atomic E-state index is -4.81. The topological polar surface area (TPSA) is 140 Å².